The van der Waals surface area contributed by atoms with Crippen molar-refractivity contribution in [2.24, 2.45) is 0 Å². The van der Waals surface area contributed by atoms with E-state index in [4.69, 9.17) is 4.74 Å². The standard InChI is InChI=1S/C17H18N4O3S/c1-3-24-17(23)13(9-21-7-6-18-10-21)19-15(22)16-20-12-5-4-11(2)8-14(12)25-16/h4-8,10,13H,3,9H2,1-2H3,(H,19,22)/t13-/m0/s1. The summed E-state index contributed by atoms with van der Waals surface area (Å²) in [6.07, 6.45) is 4.91. The summed E-state index contributed by atoms with van der Waals surface area (Å²) in [5.74, 6) is -0.876. The molecule has 7 nitrogen and oxygen atoms in total. The summed E-state index contributed by atoms with van der Waals surface area (Å²) in [6, 6.07) is 5.00. The Hall–Kier alpha value is -2.74. The van der Waals surface area contributed by atoms with Gasteiger partial charge in [0.05, 0.1) is 29.7 Å². The minimum absolute atomic E-state index is 0.245. The number of nitrogens with zero attached hydrogens (tertiary/aromatic N) is 3. The third-order valence-corrected chi connectivity index (χ3v) is 4.58. The highest BCUT2D eigenvalue weighted by molar-refractivity contribution is 7.20. The maximum absolute atomic E-state index is 12.6. The minimum atomic E-state index is -0.810. The molecule has 2 aromatic heterocycles. The summed E-state index contributed by atoms with van der Waals surface area (Å²) in [4.78, 5) is 33.0. The second-order valence-electron chi connectivity index (χ2n) is 5.53. The van der Waals surface area contributed by atoms with E-state index in [-0.39, 0.29) is 13.2 Å². The molecule has 2 heterocycles. The zero-order valence-electron chi connectivity index (χ0n) is 13.9. The summed E-state index contributed by atoms with van der Waals surface area (Å²) in [7, 11) is 0. The molecule has 1 N–H and O–H groups in total. The van der Waals surface area contributed by atoms with Gasteiger partial charge in [0.25, 0.3) is 5.91 Å². The molecule has 130 valence electrons. The average Bonchev–Trinajstić information content (AvgIpc) is 3.23. The molecule has 3 aromatic rings. The molecule has 0 saturated carbocycles. The molecule has 0 saturated heterocycles. The van der Waals surface area contributed by atoms with Crippen LogP contribution in [-0.4, -0.2) is 39.1 Å². The molecule has 0 aliphatic carbocycles. The maximum atomic E-state index is 12.6. The molecule has 1 amide bonds. The second kappa shape index (κ2) is 7.43. The van der Waals surface area contributed by atoms with Crippen molar-refractivity contribution in [3.8, 4) is 0 Å². The van der Waals surface area contributed by atoms with Crippen molar-refractivity contribution in [1.29, 1.82) is 0 Å². The van der Waals surface area contributed by atoms with Crippen molar-refractivity contribution < 1.29 is 14.3 Å². The smallest absolute Gasteiger partial charge is 0.330 e. The third-order valence-electron chi connectivity index (χ3n) is 3.57. The van der Waals surface area contributed by atoms with E-state index in [1.165, 1.54) is 11.3 Å². The molecular weight excluding hydrogens is 340 g/mol. The summed E-state index contributed by atoms with van der Waals surface area (Å²) >= 11 is 1.30. The number of ether oxygens (including phenoxy) is 1. The molecule has 1 atom stereocenters. The van der Waals surface area contributed by atoms with Crippen LogP contribution in [0.2, 0.25) is 0 Å². The maximum Gasteiger partial charge on any atom is 0.330 e. The van der Waals surface area contributed by atoms with Crippen LogP contribution >= 0.6 is 11.3 Å². The molecule has 1 aromatic carbocycles. The van der Waals surface area contributed by atoms with Gasteiger partial charge in [-0.1, -0.05) is 6.07 Å². The van der Waals surface area contributed by atoms with Gasteiger partial charge >= 0.3 is 5.97 Å². The number of aromatic nitrogens is 3. The van der Waals surface area contributed by atoms with Crippen molar-refractivity contribution in [3.05, 3.63) is 47.5 Å². The van der Waals surface area contributed by atoms with Crippen LogP contribution in [0.5, 0.6) is 0 Å². The van der Waals surface area contributed by atoms with E-state index in [2.05, 4.69) is 15.3 Å². The lowest BCUT2D eigenvalue weighted by atomic mass is 10.2. The van der Waals surface area contributed by atoms with E-state index in [0.717, 1.165) is 15.8 Å². The molecule has 0 bridgehead atoms. The molecule has 0 radical (unpaired) electrons. The highest BCUT2D eigenvalue weighted by Crippen LogP contribution is 2.23. The van der Waals surface area contributed by atoms with E-state index in [0.29, 0.717) is 5.01 Å². The van der Waals surface area contributed by atoms with Crippen molar-refractivity contribution in [2.45, 2.75) is 26.4 Å². The molecule has 0 spiro atoms. The number of esters is 1. The van der Waals surface area contributed by atoms with Gasteiger partial charge in [-0.25, -0.2) is 14.8 Å². The van der Waals surface area contributed by atoms with Gasteiger partial charge in [-0.2, -0.15) is 0 Å². The van der Waals surface area contributed by atoms with Crippen molar-refractivity contribution >= 4 is 33.4 Å². The average molecular weight is 358 g/mol. The quantitative estimate of drug-likeness (QED) is 0.683. The predicted molar refractivity (Wildman–Crippen MR) is 94.5 cm³/mol. The highest BCUT2D eigenvalue weighted by Gasteiger charge is 2.24. The Labute approximate surface area is 148 Å². The fraction of sp³-hybridized carbons (Fsp3) is 0.294. The van der Waals surface area contributed by atoms with Gasteiger partial charge < -0.3 is 14.6 Å². The lowest BCUT2D eigenvalue weighted by Gasteiger charge is -2.17. The molecule has 0 aliphatic rings. The number of hydrogen-bond acceptors (Lipinski definition) is 6. The minimum Gasteiger partial charge on any atom is -0.464 e. The molecule has 0 aliphatic heterocycles. The summed E-state index contributed by atoms with van der Waals surface area (Å²) in [5.41, 5.74) is 1.87. The Balaban J connectivity index is 1.79. The molecule has 25 heavy (non-hydrogen) atoms. The van der Waals surface area contributed by atoms with Crippen molar-refractivity contribution in [3.63, 3.8) is 0 Å². The highest BCUT2D eigenvalue weighted by atomic mass is 32.1. The largest absolute Gasteiger partial charge is 0.464 e. The monoisotopic (exact) mass is 358 g/mol. The lowest BCUT2D eigenvalue weighted by molar-refractivity contribution is -0.145. The van der Waals surface area contributed by atoms with Gasteiger partial charge in [0, 0.05) is 12.4 Å². The van der Waals surface area contributed by atoms with E-state index >= 15 is 0 Å². The summed E-state index contributed by atoms with van der Waals surface area (Å²) < 4.78 is 7.71. The Morgan fingerprint density at radius 1 is 1.40 bits per heavy atom. The number of thiazole rings is 1. The lowest BCUT2D eigenvalue weighted by Crippen LogP contribution is -2.44. The predicted octanol–water partition coefficient (Wildman–Crippen LogP) is 2.16. The first-order valence-electron chi connectivity index (χ1n) is 7.87. The number of amides is 1. The van der Waals surface area contributed by atoms with Gasteiger partial charge in [0.15, 0.2) is 5.01 Å². The Morgan fingerprint density at radius 3 is 2.96 bits per heavy atom. The van der Waals surface area contributed by atoms with Crippen LogP contribution < -0.4 is 5.32 Å². The van der Waals surface area contributed by atoms with Gasteiger partial charge in [0.1, 0.15) is 6.04 Å². The zero-order chi connectivity index (χ0) is 17.8. The SMILES string of the molecule is CCOC(=O)[C@H](Cn1ccnc1)NC(=O)c1nc2ccc(C)cc2s1. The van der Waals surface area contributed by atoms with Gasteiger partial charge in [0.2, 0.25) is 0 Å². The molecular formula is C17H18N4O3S. The Morgan fingerprint density at radius 2 is 2.24 bits per heavy atom. The van der Waals surface area contributed by atoms with Gasteiger partial charge in [-0.05, 0) is 31.5 Å². The van der Waals surface area contributed by atoms with E-state index in [1.54, 1.807) is 30.2 Å². The number of hydrogen-bond donors (Lipinski definition) is 1. The summed E-state index contributed by atoms with van der Waals surface area (Å²) in [5, 5.41) is 3.04. The second-order valence-corrected chi connectivity index (χ2v) is 6.56. The Kier molecular flexibility index (Phi) is 5.08. The van der Waals surface area contributed by atoms with Crippen molar-refractivity contribution in [2.75, 3.05) is 6.61 Å². The zero-order valence-corrected chi connectivity index (χ0v) is 14.7. The number of aryl methyl sites for hydroxylation is 1. The van der Waals surface area contributed by atoms with E-state index < -0.39 is 17.9 Å². The molecule has 8 heteroatoms. The van der Waals surface area contributed by atoms with E-state index in [9.17, 15) is 9.59 Å². The number of carbonyl (C=O) groups is 2. The van der Waals surface area contributed by atoms with Gasteiger partial charge in [-0.15, -0.1) is 11.3 Å². The van der Waals surface area contributed by atoms with Crippen LogP contribution in [0.25, 0.3) is 10.2 Å². The third kappa shape index (κ3) is 4.03. The first-order valence-corrected chi connectivity index (χ1v) is 8.69. The number of imidazole rings is 1. The van der Waals surface area contributed by atoms with Crippen molar-refractivity contribution in [1.82, 2.24) is 19.9 Å². The van der Waals surface area contributed by atoms with Crippen LogP contribution in [0, 0.1) is 6.92 Å². The van der Waals surface area contributed by atoms with Crippen LogP contribution in [0.3, 0.4) is 0 Å². The number of nitrogens with one attached hydrogen (secondary N) is 1. The van der Waals surface area contributed by atoms with E-state index in [1.807, 2.05) is 25.1 Å². The topological polar surface area (TPSA) is 86.1 Å². The molecule has 0 fully saturated rings. The fourth-order valence-corrected chi connectivity index (χ4v) is 3.34. The number of benzene rings is 1. The number of rotatable bonds is 6. The summed E-state index contributed by atoms with van der Waals surface area (Å²) in [6.45, 7) is 4.20. The first kappa shape index (κ1) is 17.1. The fourth-order valence-electron chi connectivity index (χ4n) is 2.38. The van der Waals surface area contributed by atoms with Crippen LogP contribution in [0.1, 0.15) is 22.3 Å². The van der Waals surface area contributed by atoms with Crippen LogP contribution in [-0.2, 0) is 16.1 Å². The van der Waals surface area contributed by atoms with Gasteiger partial charge in [-0.3, -0.25) is 4.79 Å². The molecule has 3 rings (SSSR count). The molecule has 0 unspecified atom stereocenters. The van der Waals surface area contributed by atoms with Crippen LogP contribution in [0.4, 0.5) is 0 Å². The first-order chi connectivity index (χ1) is 12.1. The normalized spacial score (nSPS) is 12.1. The number of carbonyl (C=O) groups excluding carboxylic acids is 2. The number of fused-ring (bicyclic) bond motifs is 1. The van der Waals surface area contributed by atoms with Crippen LogP contribution in [0.15, 0.2) is 36.9 Å². The Bertz CT molecular complexity index is 889.